The van der Waals surface area contributed by atoms with E-state index in [2.05, 4.69) is 0 Å². The van der Waals surface area contributed by atoms with Gasteiger partial charge in [-0.1, -0.05) is 12.1 Å². The fraction of sp³-hybridized carbons (Fsp3) is 0.526. The van der Waals surface area contributed by atoms with Crippen molar-refractivity contribution < 1.29 is 19.4 Å². The molecule has 0 bridgehead atoms. The molecular weight excluding hydrogens is 306 g/mol. The Labute approximate surface area is 143 Å². The van der Waals surface area contributed by atoms with Gasteiger partial charge in [0, 0.05) is 13.1 Å². The minimum absolute atomic E-state index is 0.00349. The third-order valence-electron chi connectivity index (χ3n) is 4.02. The highest BCUT2D eigenvalue weighted by molar-refractivity contribution is 5.72. The highest BCUT2D eigenvalue weighted by atomic mass is 16.6. The number of nitrogens with zero attached hydrogens (tertiary/aromatic N) is 1. The van der Waals surface area contributed by atoms with Gasteiger partial charge in [-0.25, -0.2) is 4.79 Å². The molecule has 0 atom stereocenters. The van der Waals surface area contributed by atoms with Gasteiger partial charge in [0.1, 0.15) is 11.4 Å². The van der Waals surface area contributed by atoms with Gasteiger partial charge < -0.3 is 19.5 Å². The van der Waals surface area contributed by atoms with Crippen molar-refractivity contribution in [2.24, 2.45) is 0 Å². The van der Waals surface area contributed by atoms with Crippen LogP contribution in [0, 0.1) is 0 Å². The molecule has 1 heterocycles. The van der Waals surface area contributed by atoms with Crippen molar-refractivity contribution in [3.8, 4) is 5.75 Å². The summed E-state index contributed by atoms with van der Waals surface area (Å²) in [7, 11) is 1.64. The molecule has 1 aromatic rings. The summed E-state index contributed by atoms with van der Waals surface area (Å²) in [4.78, 5) is 14.0. The zero-order valence-corrected chi connectivity index (χ0v) is 15.0. The molecule has 24 heavy (non-hydrogen) atoms. The molecule has 5 nitrogen and oxygen atoms in total. The largest absolute Gasteiger partial charge is 0.497 e. The summed E-state index contributed by atoms with van der Waals surface area (Å²) in [6, 6.07) is 7.81. The second kappa shape index (κ2) is 7.71. The Morgan fingerprint density at radius 1 is 1.17 bits per heavy atom. The summed E-state index contributed by atoms with van der Waals surface area (Å²) in [5.74, 6) is 0.800. The first-order valence-corrected chi connectivity index (χ1v) is 8.28. The van der Waals surface area contributed by atoms with Crippen molar-refractivity contribution in [1.29, 1.82) is 0 Å². The maximum atomic E-state index is 12.3. The molecule has 1 aliphatic rings. The number of aliphatic hydroxyl groups excluding tert-OH is 1. The van der Waals surface area contributed by atoms with Crippen LogP contribution in [0.5, 0.6) is 5.75 Å². The second-order valence-electron chi connectivity index (χ2n) is 6.94. The maximum Gasteiger partial charge on any atom is 0.410 e. The number of benzene rings is 1. The van der Waals surface area contributed by atoms with Crippen LogP contribution in [0.15, 0.2) is 29.8 Å². The molecule has 0 aromatic heterocycles. The summed E-state index contributed by atoms with van der Waals surface area (Å²) in [6.07, 6.45) is 1.05. The first-order valence-electron chi connectivity index (χ1n) is 8.28. The monoisotopic (exact) mass is 333 g/mol. The van der Waals surface area contributed by atoms with E-state index in [1.165, 1.54) is 0 Å². The van der Waals surface area contributed by atoms with Gasteiger partial charge in [0.05, 0.1) is 13.7 Å². The normalized spacial score (nSPS) is 16.0. The predicted molar refractivity (Wildman–Crippen MR) is 94.0 cm³/mol. The fourth-order valence-electron chi connectivity index (χ4n) is 2.78. The molecule has 2 rings (SSSR count). The van der Waals surface area contributed by atoms with Gasteiger partial charge in [0.15, 0.2) is 0 Å². The Morgan fingerprint density at radius 3 is 2.33 bits per heavy atom. The number of carbonyl (C=O) groups excluding carboxylic acids is 1. The number of aliphatic hydroxyl groups is 1. The minimum atomic E-state index is -0.505. The Bertz CT molecular complexity index is 599. The lowest BCUT2D eigenvalue weighted by Gasteiger charge is -2.26. The van der Waals surface area contributed by atoms with E-state index in [0.29, 0.717) is 25.9 Å². The first-order chi connectivity index (χ1) is 11.3. The SMILES string of the molecule is COc1ccc(C2=C(CO)CCN(C(=O)OC(C)(C)C)CC2)cc1. The van der Waals surface area contributed by atoms with Gasteiger partial charge in [-0.15, -0.1) is 0 Å². The third kappa shape index (κ3) is 4.74. The lowest BCUT2D eigenvalue weighted by Crippen LogP contribution is -2.37. The summed E-state index contributed by atoms with van der Waals surface area (Å²) in [6.45, 7) is 6.74. The van der Waals surface area contributed by atoms with E-state index in [0.717, 1.165) is 22.5 Å². The lowest BCUT2D eigenvalue weighted by molar-refractivity contribution is 0.0259. The Balaban J connectivity index is 2.14. The maximum absolute atomic E-state index is 12.3. The molecule has 0 saturated carbocycles. The molecule has 1 amide bonds. The topological polar surface area (TPSA) is 59.0 Å². The molecule has 132 valence electrons. The zero-order chi connectivity index (χ0) is 17.7. The van der Waals surface area contributed by atoms with Crippen LogP contribution >= 0.6 is 0 Å². The molecule has 1 aliphatic heterocycles. The summed E-state index contributed by atoms with van der Waals surface area (Å²) < 4.78 is 10.7. The summed E-state index contributed by atoms with van der Waals surface area (Å²) in [5, 5.41) is 9.74. The minimum Gasteiger partial charge on any atom is -0.497 e. The van der Waals surface area contributed by atoms with Crippen LogP contribution in [0.25, 0.3) is 5.57 Å². The average Bonchev–Trinajstić information content (AvgIpc) is 2.75. The van der Waals surface area contributed by atoms with Crippen LogP contribution in [0.3, 0.4) is 0 Å². The molecule has 0 radical (unpaired) electrons. The van der Waals surface area contributed by atoms with E-state index in [-0.39, 0.29) is 12.7 Å². The Morgan fingerprint density at radius 2 is 1.79 bits per heavy atom. The van der Waals surface area contributed by atoms with Crippen molar-refractivity contribution in [2.45, 2.75) is 39.2 Å². The highest BCUT2D eigenvalue weighted by Crippen LogP contribution is 2.29. The van der Waals surface area contributed by atoms with E-state index in [1.54, 1.807) is 12.0 Å². The molecular formula is C19H27NO4. The second-order valence-corrected chi connectivity index (χ2v) is 6.94. The van der Waals surface area contributed by atoms with Gasteiger partial charge in [-0.2, -0.15) is 0 Å². The number of amides is 1. The van der Waals surface area contributed by atoms with Gasteiger partial charge in [0.25, 0.3) is 0 Å². The van der Waals surface area contributed by atoms with Crippen LogP contribution in [0.1, 0.15) is 39.2 Å². The third-order valence-corrected chi connectivity index (χ3v) is 4.02. The van der Waals surface area contributed by atoms with Gasteiger partial charge in [-0.05, 0) is 62.5 Å². The summed E-state index contributed by atoms with van der Waals surface area (Å²) in [5.41, 5.74) is 2.64. The number of carbonyl (C=O) groups is 1. The van der Waals surface area contributed by atoms with Crippen LogP contribution < -0.4 is 4.74 Å². The van der Waals surface area contributed by atoms with E-state index < -0.39 is 5.60 Å². The summed E-state index contributed by atoms with van der Waals surface area (Å²) >= 11 is 0. The standard InChI is InChI=1S/C19H27NO4/c1-19(2,3)24-18(22)20-11-9-15(13-21)17(10-12-20)14-5-7-16(23-4)8-6-14/h5-8,21H,9-13H2,1-4H3. The molecule has 0 saturated heterocycles. The predicted octanol–water partition coefficient (Wildman–Crippen LogP) is 3.47. The van der Waals surface area contributed by atoms with Crippen molar-refractivity contribution in [2.75, 3.05) is 26.8 Å². The molecule has 0 unspecified atom stereocenters. The van der Waals surface area contributed by atoms with Crippen LogP contribution in [0.2, 0.25) is 0 Å². The van der Waals surface area contributed by atoms with E-state index in [1.807, 2.05) is 45.0 Å². The van der Waals surface area contributed by atoms with E-state index in [9.17, 15) is 9.90 Å². The van der Waals surface area contributed by atoms with Gasteiger partial charge in [-0.3, -0.25) is 0 Å². The Hall–Kier alpha value is -2.01. The van der Waals surface area contributed by atoms with Crippen molar-refractivity contribution in [3.05, 3.63) is 35.4 Å². The molecule has 0 spiro atoms. The highest BCUT2D eigenvalue weighted by Gasteiger charge is 2.25. The van der Waals surface area contributed by atoms with Gasteiger partial charge in [0.2, 0.25) is 0 Å². The van der Waals surface area contributed by atoms with Crippen LogP contribution in [-0.2, 0) is 4.74 Å². The number of methoxy groups -OCH3 is 1. The smallest absolute Gasteiger partial charge is 0.410 e. The molecule has 1 N–H and O–H groups in total. The Kier molecular flexibility index (Phi) is 5.89. The number of rotatable bonds is 3. The number of ether oxygens (including phenoxy) is 2. The van der Waals surface area contributed by atoms with Gasteiger partial charge >= 0.3 is 6.09 Å². The van der Waals surface area contributed by atoms with Crippen LogP contribution in [-0.4, -0.2) is 48.5 Å². The van der Waals surface area contributed by atoms with E-state index >= 15 is 0 Å². The van der Waals surface area contributed by atoms with Crippen molar-refractivity contribution in [1.82, 2.24) is 4.90 Å². The lowest BCUT2D eigenvalue weighted by atomic mass is 9.96. The molecule has 0 fully saturated rings. The molecule has 5 heteroatoms. The fourth-order valence-corrected chi connectivity index (χ4v) is 2.78. The van der Waals surface area contributed by atoms with Crippen molar-refractivity contribution >= 4 is 11.7 Å². The number of hydrogen-bond donors (Lipinski definition) is 1. The zero-order valence-electron chi connectivity index (χ0n) is 15.0. The van der Waals surface area contributed by atoms with E-state index in [4.69, 9.17) is 9.47 Å². The van der Waals surface area contributed by atoms with Crippen molar-refractivity contribution in [3.63, 3.8) is 0 Å². The average molecular weight is 333 g/mol. The van der Waals surface area contributed by atoms with Crippen LogP contribution in [0.4, 0.5) is 4.79 Å². The molecule has 1 aromatic carbocycles. The quantitative estimate of drug-likeness (QED) is 0.920. The number of hydrogen-bond acceptors (Lipinski definition) is 4. The molecule has 0 aliphatic carbocycles. The first kappa shape index (κ1) is 18.3.